The molecule has 0 bridgehead atoms. The van der Waals surface area contributed by atoms with Crippen molar-refractivity contribution >= 4 is 55.8 Å². The molecule has 2 heterocycles. The molecule has 0 unspecified atom stereocenters. The summed E-state index contributed by atoms with van der Waals surface area (Å²) in [5, 5.41) is 14.2. The summed E-state index contributed by atoms with van der Waals surface area (Å²) in [5.74, 6) is 0.791. The molecule has 0 aliphatic carbocycles. The van der Waals surface area contributed by atoms with Crippen molar-refractivity contribution in [2.75, 3.05) is 23.0 Å². The zero-order valence-corrected chi connectivity index (χ0v) is 21.1. The zero-order valence-electron chi connectivity index (χ0n) is 20.3. The van der Waals surface area contributed by atoms with Crippen molar-refractivity contribution in [3.63, 3.8) is 0 Å². The number of sulfonamides is 1. The Morgan fingerprint density at radius 1 is 0.895 bits per heavy atom. The Bertz CT molecular complexity index is 1690. The van der Waals surface area contributed by atoms with E-state index >= 15 is 0 Å². The molecule has 11 nitrogen and oxygen atoms in total. The molecule has 3 aromatic carbocycles. The number of benzene rings is 3. The molecule has 0 saturated heterocycles. The average Bonchev–Trinajstić information content (AvgIpc) is 3.36. The third-order valence-corrected chi connectivity index (χ3v) is 6.96. The van der Waals surface area contributed by atoms with Gasteiger partial charge in [-0.05, 0) is 55.1 Å². The standard InChI is InChI=1S/C26H24N8O3S/c1-27-38(36,37)17-18-10-12-20(13-11-18)30-25-28-15-14-24(33-25)32-22-8-5-9-23-21(22)16-29-34(23)26(35)31-19-6-3-2-4-7-19/h2-16,27H,17H2,1H3,(H,31,35)(H2,28,30,32,33). The van der Waals surface area contributed by atoms with Gasteiger partial charge >= 0.3 is 6.03 Å². The molecule has 4 N–H and O–H groups in total. The smallest absolute Gasteiger partial charge is 0.339 e. The van der Waals surface area contributed by atoms with E-state index < -0.39 is 10.0 Å². The summed E-state index contributed by atoms with van der Waals surface area (Å²) in [6.07, 6.45) is 3.24. The molecule has 0 radical (unpaired) electrons. The predicted molar refractivity (Wildman–Crippen MR) is 147 cm³/mol. The van der Waals surface area contributed by atoms with Gasteiger partial charge in [-0.1, -0.05) is 36.4 Å². The molecular weight excluding hydrogens is 504 g/mol. The van der Waals surface area contributed by atoms with Crippen LogP contribution in [0.2, 0.25) is 0 Å². The molecule has 0 atom stereocenters. The number of nitrogens with one attached hydrogen (secondary N) is 4. The number of aromatic nitrogens is 4. The van der Waals surface area contributed by atoms with E-state index in [0.717, 1.165) is 11.1 Å². The van der Waals surface area contributed by atoms with E-state index in [-0.39, 0.29) is 11.8 Å². The van der Waals surface area contributed by atoms with Crippen molar-refractivity contribution in [3.05, 3.63) is 96.8 Å². The van der Waals surface area contributed by atoms with Crippen LogP contribution in [-0.4, -0.2) is 41.2 Å². The topological polar surface area (TPSA) is 143 Å². The van der Waals surface area contributed by atoms with E-state index in [4.69, 9.17) is 0 Å². The fraction of sp³-hybridized carbons (Fsp3) is 0.0769. The van der Waals surface area contributed by atoms with Gasteiger partial charge in [-0.25, -0.2) is 22.9 Å². The Kier molecular flexibility index (Phi) is 6.98. The van der Waals surface area contributed by atoms with Crippen LogP contribution in [-0.2, 0) is 15.8 Å². The first-order valence-electron chi connectivity index (χ1n) is 11.6. The fourth-order valence-electron chi connectivity index (χ4n) is 3.75. The Labute approximate surface area is 219 Å². The highest BCUT2D eigenvalue weighted by Gasteiger charge is 2.14. The lowest BCUT2D eigenvalue weighted by Crippen LogP contribution is -2.20. The number of hydrogen-bond acceptors (Lipinski definition) is 8. The van der Waals surface area contributed by atoms with Crippen molar-refractivity contribution in [2.45, 2.75) is 5.75 Å². The summed E-state index contributed by atoms with van der Waals surface area (Å²) in [7, 11) is -1.96. The molecule has 38 heavy (non-hydrogen) atoms. The quantitative estimate of drug-likeness (QED) is 0.231. The molecule has 0 aliphatic heterocycles. The lowest BCUT2D eigenvalue weighted by Gasteiger charge is -2.10. The maximum atomic E-state index is 12.8. The van der Waals surface area contributed by atoms with Crippen LogP contribution in [0.5, 0.6) is 0 Å². The molecule has 5 aromatic rings. The highest BCUT2D eigenvalue weighted by molar-refractivity contribution is 7.88. The zero-order chi connectivity index (χ0) is 26.5. The second-order valence-corrected chi connectivity index (χ2v) is 10.2. The summed E-state index contributed by atoms with van der Waals surface area (Å²) < 4.78 is 27.1. The molecular formula is C26H24N8O3S. The first kappa shape index (κ1) is 24.9. The first-order chi connectivity index (χ1) is 18.4. The van der Waals surface area contributed by atoms with Crippen LogP contribution in [0.4, 0.5) is 33.6 Å². The summed E-state index contributed by atoms with van der Waals surface area (Å²) in [5.41, 5.74) is 3.40. The highest BCUT2D eigenvalue weighted by Crippen LogP contribution is 2.26. The van der Waals surface area contributed by atoms with E-state index in [1.54, 1.807) is 54.9 Å². The average molecular weight is 529 g/mol. The molecule has 0 fully saturated rings. The Morgan fingerprint density at radius 2 is 1.68 bits per heavy atom. The van der Waals surface area contributed by atoms with E-state index in [1.807, 2.05) is 36.4 Å². The van der Waals surface area contributed by atoms with Crippen molar-refractivity contribution in [1.82, 2.24) is 24.5 Å². The van der Waals surface area contributed by atoms with Crippen LogP contribution in [0.1, 0.15) is 5.56 Å². The Balaban J connectivity index is 1.31. The van der Waals surface area contributed by atoms with Crippen LogP contribution >= 0.6 is 0 Å². The maximum absolute atomic E-state index is 12.8. The minimum absolute atomic E-state index is 0.101. The second-order valence-electron chi connectivity index (χ2n) is 8.27. The number of amides is 1. The molecule has 0 aliphatic rings. The number of para-hydroxylation sites is 1. The maximum Gasteiger partial charge on any atom is 0.347 e. The highest BCUT2D eigenvalue weighted by atomic mass is 32.2. The van der Waals surface area contributed by atoms with E-state index in [1.165, 1.54) is 11.7 Å². The molecule has 1 amide bonds. The molecule has 5 rings (SSSR count). The first-order valence-corrected chi connectivity index (χ1v) is 13.3. The lowest BCUT2D eigenvalue weighted by atomic mass is 10.2. The predicted octanol–water partition coefficient (Wildman–Crippen LogP) is 4.44. The summed E-state index contributed by atoms with van der Waals surface area (Å²) >= 11 is 0. The van der Waals surface area contributed by atoms with Gasteiger partial charge in [0.15, 0.2) is 0 Å². The van der Waals surface area contributed by atoms with Crippen LogP contribution in [0, 0.1) is 0 Å². The Hall–Kier alpha value is -4.81. The third-order valence-electron chi connectivity index (χ3n) is 5.63. The van der Waals surface area contributed by atoms with Crippen LogP contribution < -0.4 is 20.7 Å². The number of anilines is 5. The van der Waals surface area contributed by atoms with Gasteiger partial charge in [0.2, 0.25) is 16.0 Å². The van der Waals surface area contributed by atoms with Crippen LogP contribution in [0.25, 0.3) is 10.9 Å². The number of nitrogens with zero attached hydrogens (tertiary/aromatic N) is 4. The molecule has 12 heteroatoms. The van der Waals surface area contributed by atoms with Crippen molar-refractivity contribution in [3.8, 4) is 0 Å². The lowest BCUT2D eigenvalue weighted by molar-refractivity contribution is 0.252. The largest absolute Gasteiger partial charge is 0.347 e. The van der Waals surface area contributed by atoms with E-state index in [2.05, 4.69) is 35.7 Å². The fourth-order valence-corrected chi connectivity index (χ4v) is 4.53. The van der Waals surface area contributed by atoms with Crippen molar-refractivity contribution < 1.29 is 13.2 Å². The van der Waals surface area contributed by atoms with Crippen LogP contribution in [0.3, 0.4) is 0 Å². The molecule has 0 spiro atoms. The van der Waals surface area contributed by atoms with Gasteiger partial charge in [0, 0.05) is 23.0 Å². The molecule has 0 saturated carbocycles. The van der Waals surface area contributed by atoms with Crippen LogP contribution in [0.15, 0.2) is 91.3 Å². The molecule has 2 aromatic heterocycles. The summed E-state index contributed by atoms with van der Waals surface area (Å²) in [6, 6.07) is 23.0. The van der Waals surface area contributed by atoms with Crippen molar-refractivity contribution in [1.29, 1.82) is 0 Å². The SMILES string of the molecule is CNS(=O)(=O)Cc1ccc(Nc2nccc(Nc3cccc4c3cnn4C(=O)Nc3ccccc3)n2)cc1. The van der Waals surface area contributed by atoms with E-state index in [9.17, 15) is 13.2 Å². The van der Waals surface area contributed by atoms with Gasteiger partial charge in [0.05, 0.1) is 23.2 Å². The van der Waals surface area contributed by atoms with Gasteiger partial charge in [0.1, 0.15) is 5.82 Å². The number of rotatable bonds is 8. The number of carbonyl (C=O) groups excluding carboxylic acids is 1. The summed E-state index contributed by atoms with van der Waals surface area (Å²) in [6.45, 7) is 0. The number of carbonyl (C=O) groups is 1. The Morgan fingerprint density at radius 3 is 2.45 bits per heavy atom. The normalized spacial score (nSPS) is 11.3. The summed E-state index contributed by atoms with van der Waals surface area (Å²) in [4.78, 5) is 21.6. The van der Waals surface area contributed by atoms with Crippen molar-refractivity contribution in [2.24, 2.45) is 0 Å². The molecule has 192 valence electrons. The van der Waals surface area contributed by atoms with Gasteiger partial charge in [-0.15, -0.1) is 0 Å². The van der Waals surface area contributed by atoms with Gasteiger partial charge in [-0.2, -0.15) is 14.8 Å². The van der Waals surface area contributed by atoms with Gasteiger partial charge in [0.25, 0.3) is 0 Å². The number of fused-ring (bicyclic) bond motifs is 1. The monoisotopic (exact) mass is 528 g/mol. The third kappa shape index (κ3) is 5.77. The minimum atomic E-state index is -3.34. The van der Waals surface area contributed by atoms with Gasteiger partial charge in [-0.3, -0.25) is 0 Å². The minimum Gasteiger partial charge on any atom is -0.339 e. The number of hydrogen-bond donors (Lipinski definition) is 4. The second kappa shape index (κ2) is 10.7. The van der Waals surface area contributed by atoms with Gasteiger partial charge < -0.3 is 16.0 Å². The van der Waals surface area contributed by atoms with E-state index in [0.29, 0.717) is 34.2 Å².